The second-order valence-corrected chi connectivity index (χ2v) is 7.27. The van der Waals surface area contributed by atoms with Crippen LogP contribution in [0.2, 0.25) is 0 Å². The molecule has 7 heteroatoms. The number of benzene rings is 1. The van der Waals surface area contributed by atoms with Crippen LogP contribution in [0.3, 0.4) is 0 Å². The van der Waals surface area contributed by atoms with Crippen LogP contribution in [0.5, 0.6) is 0 Å². The summed E-state index contributed by atoms with van der Waals surface area (Å²) in [7, 11) is 0. The molecule has 0 N–H and O–H groups in total. The Kier molecular flexibility index (Phi) is 4.62. The molecule has 1 aromatic carbocycles. The van der Waals surface area contributed by atoms with Crippen LogP contribution in [-0.2, 0) is 19.3 Å². The van der Waals surface area contributed by atoms with E-state index in [0.717, 1.165) is 37.7 Å². The average molecular weight is 372 g/mol. The van der Waals surface area contributed by atoms with Gasteiger partial charge in [-0.2, -0.15) is 18.4 Å². The predicted molar refractivity (Wildman–Crippen MR) is 93.4 cm³/mol. The quantitative estimate of drug-likeness (QED) is 0.825. The van der Waals surface area contributed by atoms with Crippen LogP contribution in [0, 0.1) is 11.3 Å². The summed E-state index contributed by atoms with van der Waals surface area (Å²) in [6.45, 7) is 3.32. The number of hydrogen-bond donors (Lipinski definition) is 0. The molecule has 4 heterocycles. The third-order valence-corrected chi connectivity index (χ3v) is 5.39. The summed E-state index contributed by atoms with van der Waals surface area (Å²) in [6, 6.07) is 13.3. The van der Waals surface area contributed by atoms with Crippen LogP contribution in [0.15, 0.2) is 42.6 Å². The first kappa shape index (κ1) is 18.0. The highest BCUT2D eigenvalue weighted by atomic mass is 19.4. The molecule has 0 amide bonds. The lowest BCUT2D eigenvalue weighted by molar-refractivity contribution is -0.141. The third-order valence-electron chi connectivity index (χ3n) is 5.39. The Morgan fingerprint density at radius 1 is 1.00 bits per heavy atom. The van der Waals surface area contributed by atoms with E-state index >= 15 is 0 Å². The summed E-state index contributed by atoms with van der Waals surface area (Å²) in [5.41, 5.74) is 1.83. The maximum absolute atomic E-state index is 12.6. The SMILES string of the molecule is N#Cc1ccc(CN2C3CC2CN(Cc2ccc(C(F)(F)F)nc2)C3)cc1. The van der Waals surface area contributed by atoms with Crippen molar-refractivity contribution in [3.63, 3.8) is 0 Å². The lowest BCUT2D eigenvalue weighted by Crippen LogP contribution is -2.67. The fraction of sp³-hybridized carbons (Fsp3) is 0.400. The number of rotatable bonds is 4. The molecule has 0 radical (unpaired) electrons. The first-order valence-electron chi connectivity index (χ1n) is 8.91. The third kappa shape index (κ3) is 3.82. The summed E-state index contributed by atoms with van der Waals surface area (Å²) in [5, 5.41) is 8.88. The minimum atomic E-state index is -4.39. The molecule has 2 bridgehead atoms. The van der Waals surface area contributed by atoms with E-state index in [4.69, 9.17) is 5.26 Å². The van der Waals surface area contributed by atoms with Gasteiger partial charge in [-0.15, -0.1) is 0 Å². The second kappa shape index (κ2) is 6.95. The van der Waals surface area contributed by atoms with E-state index in [-0.39, 0.29) is 0 Å². The Labute approximate surface area is 155 Å². The Morgan fingerprint density at radius 3 is 2.22 bits per heavy atom. The van der Waals surface area contributed by atoms with E-state index in [2.05, 4.69) is 20.9 Å². The molecule has 3 aliphatic rings. The highest BCUT2D eigenvalue weighted by molar-refractivity contribution is 5.31. The number of aromatic nitrogens is 1. The van der Waals surface area contributed by atoms with Crippen LogP contribution >= 0.6 is 0 Å². The molecule has 2 aromatic rings. The summed E-state index contributed by atoms with van der Waals surface area (Å²) in [4.78, 5) is 8.31. The maximum Gasteiger partial charge on any atom is 0.433 e. The molecule has 3 saturated heterocycles. The number of nitriles is 1. The molecular formula is C20H19F3N4. The smallest absolute Gasteiger partial charge is 0.296 e. The van der Waals surface area contributed by atoms with Gasteiger partial charge >= 0.3 is 6.18 Å². The van der Waals surface area contributed by atoms with Gasteiger partial charge in [-0.05, 0) is 35.7 Å². The second-order valence-electron chi connectivity index (χ2n) is 7.27. The van der Waals surface area contributed by atoms with E-state index in [1.54, 1.807) is 0 Å². The molecule has 5 rings (SSSR count). The molecule has 3 fully saturated rings. The topological polar surface area (TPSA) is 43.2 Å². The van der Waals surface area contributed by atoms with Crippen molar-refractivity contribution in [2.45, 2.75) is 37.8 Å². The molecule has 2 atom stereocenters. The number of halogens is 3. The van der Waals surface area contributed by atoms with Gasteiger partial charge in [-0.3, -0.25) is 14.8 Å². The Hall–Kier alpha value is -2.43. The molecule has 140 valence electrons. The standard InChI is InChI=1S/C20H19F3N4/c21-20(22,23)19-6-5-16(9-25-19)10-26-12-17-7-18(13-26)27(17)11-15-3-1-14(8-24)2-4-15/h1-6,9,17-18H,7,10-13H2. The van der Waals surface area contributed by atoms with Crippen LogP contribution in [0.1, 0.15) is 28.8 Å². The molecule has 1 aromatic heterocycles. The van der Waals surface area contributed by atoms with E-state index < -0.39 is 11.9 Å². The fourth-order valence-electron chi connectivity index (χ4n) is 4.00. The molecule has 3 aliphatic heterocycles. The lowest BCUT2D eigenvalue weighted by atomic mass is 9.86. The number of piperazine rings is 1. The van der Waals surface area contributed by atoms with Crippen molar-refractivity contribution >= 4 is 0 Å². The molecule has 0 spiro atoms. The van der Waals surface area contributed by atoms with Gasteiger partial charge < -0.3 is 0 Å². The molecule has 0 saturated carbocycles. The number of piperidine rings is 1. The maximum atomic E-state index is 12.6. The minimum absolute atomic E-state index is 0.474. The number of nitrogens with zero attached hydrogens (tertiary/aromatic N) is 4. The van der Waals surface area contributed by atoms with Crippen molar-refractivity contribution in [3.05, 3.63) is 65.0 Å². The van der Waals surface area contributed by atoms with Gasteiger partial charge in [0, 0.05) is 44.5 Å². The zero-order valence-electron chi connectivity index (χ0n) is 14.7. The van der Waals surface area contributed by atoms with Gasteiger partial charge in [0.05, 0.1) is 11.6 Å². The van der Waals surface area contributed by atoms with Gasteiger partial charge in [0.15, 0.2) is 0 Å². The van der Waals surface area contributed by atoms with Crippen molar-refractivity contribution in [1.29, 1.82) is 5.26 Å². The van der Waals surface area contributed by atoms with Crippen molar-refractivity contribution in [2.75, 3.05) is 13.1 Å². The van der Waals surface area contributed by atoms with E-state index in [9.17, 15) is 13.2 Å². The Bertz CT molecular complexity index is 828. The zero-order chi connectivity index (χ0) is 19.0. The van der Waals surface area contributed by atoms with Gasteiger partial charge in [-0.25, -0.2) is 0 Å². The first-order chi connectivity index (χ1) is 12.9. The van der Waals surface area contributed by atoms with Crippen LogP contribution in [0.4, 0.5) is 13.2 Å². The van der Waals surface area contributed by atoms with E-state index in [1.807, 2.05) is 24.3 Å². The molecule has 2 unspecified atom stereocenters. The Balaban J connectivity index is 1.33. The lowest BCUT2D eigenvalue weighted by Gasteiger charge is -2.56. The predicted octanol–water partition coefficient (Wildman–Crippen LogP) is 3.43. The summed E-state index contributed by atoms with van der Waals surface area (Å²) >= 11 is 0. The summed E-state index contributed by atoms with van der Waals surface area (Å²) in [5.74, 6) is 0. The van der Waals surface area contributed by atoms with Gasteiger partial charge in [0.25, 0.3) is 0 Å². The number of fused-ring (bicyclic) bond motifs is 2. The van der Waals surface area contributed by atoms with E-state index in [0.29, 0.717) is 24.2 Å². The van der Waals surface area contributed by atoms with Crippen molar-refractivity contribution in [3.8, 4) is 6.07 Å². The zero-order valence-corrected chi connectivity index (χ0v) is 14.7. The van der Waals surface area contributed by atoms with Gasteiger partial charge in [0.2, 0.25) is 0 Å². The van der Waals surface area contributed by atoms with Crippen molar-refractivity contribution in [1.82, 2.24) is 14.8 Å². The van der Waals surface area contributed by atoms with Crippen molar-refractivity contribution < 1.29 is 13.2 Å². The number of alkyl halides is 3. The van der Waals surface area contributed by atoms with Crippen LogP contribution in [0.25, 0.3) is 0 Å². The van der Waals surface area contributed by atoms with Gasteiger partial charge in [-0.1, -0.05) is 18.2 Å². The van der Waals surface area contributed by atoms with Crippen LogP contribution in [-0.4, -0.2) is 40.0 Å². The average Bonchev–Trinajstić information content (AvgIpc) is 2.66. The normalized spacial score (nSPS) is 22.9. The number of pyridine rings is 1. The Morgan fingerprint density at radius 2 is 1.67 bits per heavy atom. The monoisotopic (exact) mass is 372 g/mol. The van der Waals surface area contributed by atoms with Crippen molar-refractivity contribution in [2.24, 2.45) is 0 Å². The summed E-state index contributed by atoms with van der Waals surface area (Å²) in [6.07, 6.45) is -1.90. The fourth-order valence-corrected chi connectivity index (χ4v) is 4.00. The molecule has 0 aliphatic carbocycles. The highest BCUT2D eigenvalue weighted by Crippen LogP contribution is 2.34. The van der Waals surface area contributed by atoms with Gasteiger partial charge in [0.1, 0.15) is 5.69 Å². The van der Waals surface area contributed by atoms with E-state index in [1.165, 1.54) is 17.8 Å². The molecular weight excluding hydrogens is 353 g/mol. The first-order valence-corrected chi connectivity index (χ1v) is 8.91. The van der Waals surface area contributed by atoms with Crippen LogP contribution < -0.4 is 0 Å². The largest absolute Gasteiger partial charge is 0.433 e. The molecule has 27 heavy (non-hydrogen) atoms. The molecule has 4 nitrogen and oxygen atoms in total. The summed E-state index contributed by atoms with van der Waals surface area (Å²) < 4.78 is 37.8. The number of hydrogen-bond acceptors (Lipinski definition) is 4. The highest BCUT2D eigenvalue weighted by Gasteiger charge is 2.44. The minimum Gasteiger partial charge on any atom is -0.296 e.